The number of rotatable bonds is 6. The zero-order chi connectivity index (χ0) is 18.6. The Hall–Kier alpha value is -1.95. The molecule has 5 nitrogen and oxygen atoms in total. The van der Waals surface area contributed by atoms with Crippen LogP contribution in [0.15, 0.2) is 18.2 Å². The lowest BCUT2D eigenvalue weighted by Gasteiger charge is -2.41. The number of carbonyl (C=O) groups excluding carboxylic acids is 1. The number of aryl methyl sites for hydroxylation is 1. The molecule has 1 aliphatic rings. The van der Waals surface area contributed by atoms with E-state index in [1.165, 1.54) is 12.1 Å². The lowest BCUT2D eigenvalue weighted by molar-refractivity contribution is -0.137. The number of amides is 1. The number of piperidine rings is 1. The highest BCUT2D eigenvalue weighted by Crippen LogP contribution is 2.25. The smallest absolute Gasteiger partial charge is 0.303 e. The molecule has 1 fully saturated rings. The van der Waals surface area contributed by atoms with Crippen molar-refractivity contribution in [2.75, 3.05) is 27.2 Å². The van der Waals surface area contributed by atoms with Gasteiger partial charge in [0.15, 0.2) is 0 Å². The first-order valence-electron chi connectivity index (χ1n) is 8.69. The van der Waals surface area contributed by atoms with E-state index in [0.717, 1.165) is 17.5 Å². The standard InChI is InChI=1S/C19H27FN2O3/c1-13-10-16(20)6-4-14(13)11-18(23)22-9-8-17(21(2)3)15(12-22)5-7-19(24)25/h4,6,10,15,17H,5,7-9,11-12H2,1-3H3,(H,24,25)/t15-,17+/m1/s1. The monoisotopic (exact) mass is 350 g/mol. The predicted molar refractivity (Wildman–Crippen MR) is 93.9 cm³/mol. The van der Waals surface area contributed by atoms with E-state index in [4.69, 9.17) is 5.11 Å². The fourth-order valence-electron chi connectivity index (χ4n) is 3.65. The molecule has 0 aromatic heterocycles. The van der Waals surface area contributed by atoms with E-state index in [2.05, 4.69) is 4.90 Å². The molecule has 1 aliphatic heterocycles. The highest BCUT2D eigenvalue weighted by atomic mass is 19.1. The van der Waals surface area contributed by atoms with E-state index in [1.807, 2.05) is 19.0 Å². The van der Waals surface area contributed by atoms with Gasteiger partial charge in [0.2, 0.25) is 5.91 Å². The Morgan fingerprint density at radius 3 is 2.68 bits per heavy atom. The van der Waals surface area contributed by atoms with Crippen LogP contribution in [0.25, 0.3) is 0 Å². The van der Waals surface area contributed by atoms with Crippen LogP contribution in [-0.4, -0.2) is 60.0 Å². The minimum absolute atomic E-state index is 0.0206. The quantitative estimate of drug-likeness (QED) is 0.855. The summed E-state index contributed by atoms with van der Waals surface area (Å²) >= 11 is 0. The molecule has 1 saturated heterocycles. The van der Waals surface area contributed by atoms with Crippen LogP contribution >= 0.6 is 0 Å². The molecule has 1 amide bonds. The van der Waals surface area contributed by atoms with Crippen LogP contribution < -0.4 is 0 Å². The molecular formula is C19H27FN2O3. The lowest BCUT2D eigenvalue weighted by atomic mass is 9.87. The maximum atomic E-state index is 13.2. The minimum atomic E-state index is -0.803. The van der Waals surface area contributed by atoms with Gasteiger partial charge in [-0.1, -0.05) is 6.07 Å². The Morgan fingerprint density at radius 2 is 2.08 bits per heavy atom. The highest BCUT2D eigenvalue weighted by Gasteiger charge is 2.32. The summed E-state index contributed by atoms with van der Waals surface area (Å²) in [6, 6.07) is 4.77. The molecule has 2 atom stereocenters. The van der Waals surface area contributed by atoms with Crippen LogP contribution in [0.5, 0.6) is 0 Å². The summed E-state index contributed by atoms with van der Waals surface area (Å²) in [5.74, 6) is -0.928. The highest BCUT2D eigenvalue weighted by molar-refractivity contribution is 5.79. The summed E-state index contributed by atoms with van der Waals surface area (Å²) in [6.07, 6.45) is 1.78. The van der Waals surface area contributed by atoms with Gasteiger partial charge in [-0.25, -0.2) is 4.39 Å². The Bertz CT molecular complexity index is 633. The van der Waals surface area contributed by atoms with Gasteiger partial charge in [0, 0.05) is 25.6 Å². The molecule has 1 aromatic carbocycles. The molecule has 0 saturated carbocycles. The molecule has 25 heavy (non-hydrogen) atoms. The summed E-state index contributed by atoms with van der Waals surface area (Å²) in [4.78, 5) is 27.5. The molecule has 1 heterocycles. The third-order valence-corrected chi connectivity index (χ3v) is 5.09. The number of halogens is 1. The van der Waals surface area contributed by atoms with Gasteiger partial charge in [0.25, 0.3) is 0 Å². The number of hydrogen-bond acceptors (Lipinski definition) is 3. The van der Waals surface area contributed by atoms with Crippen LogP contribution in [0.3, 0.4) is 0 Å². The molecule has 138 valence electrons. The molecular weight excluding hydrogens is 323 g/mol. The van der Waals surface area contributed by atoms with Gasteiger partial charge in [-0.3, -0.25) is 9.59 Å². The average molecular weight is 350 g/mol. The van der Waals surface area contributed by atoms with Crippen molar-refractivity contribution >= 4 is 11.9 Å². The van der Waals surface area contributed by atoms with Gasteiger partial charge < -0.3 is 14.9 Å². The van der Waals surface area contributed by atoms with E-state index in [0.29, 0.717) is 19.5 Å². The largest absolute Gasteiger partial charge is 0.481 e. The molecule has 0 spiro atoms. The van der Waals surface area contributed by atoms with Crippen molar-refractivity contribution < 1.29 is 19.1 Å². The number of aliphatic carboxylic acids is 1. The van der Waals surface area contributed by atoms with Crippen molar-refractivity contribution in [3.8, 4) is 0 Å². The fraction of sp³-hybridized carbons (Fsp3) is 0.579. The zero-order valence-corrected chi connectivity index (χ0v) is 15.2. The topological polar surface area (TPSA) is 60.9 Å². The summed E-state index contributed by atoms with van der Waals surface area (Å²) in [6.45, 7) is 3.06. The summed E-state index contributed by atoms with van der Waals surface area (Å²) in [5, 5.41) is 8.97. The number of nitrogens with zero attached hydrogens (tertiary/aromatic N) is 2. The Kier molecular flexibility index (Phi) is 6.53. The SMILES string of the molecule is Cc1cc(F)ccc1CC(=O)N1CC[C@H](N(C)C)[C@H](CCC(=O)O)C1. The van der Waals surface area contributed by atoms with Crippen LogP contribution in [0.1, 0.15) is 30.4 Å². The number of carbonyl (C=O) groups is 2. The van der Waals surface area contributed by atoms with Crippen molar-refractivity contribution in [1.29, 1.82) is 0 Å². The maximum Gasteiger partial charge on any atom is 0.303 e. The van der Waals surface area contributed by atoms with E-state index in [-0.39, 0.29) is 36.5 Å². The van der Waals surface area contributed by atoms with Gasteiger partial charge >= 0.3 is 5.97 Å². The van der Waals surface area contributed by atoms with E-state index < -0.39 is 5.97 Å². The second kappa shape index (κ2) is 8.43. The minimum Gasteiger partial charge on any atom is -0.481 e. The first-order valence-corrected chi connectivity index (χ1v) is 8.69. The zero-order valence-electron chi connectivity index (χ0n) is 15.2. The van der Waals surface area contributed by atoms with Crippen molar-refractivity contribution in [1.82, 2.24) is 9.80 Å². The second-order valence-electron chi connectivity index (χ2n) is 7.10. The number of carboxylic acids is 1. The van der Waals surface area contributed by atoms with Gasteiger partial charge in [0.1, 0.15) is 5.82 Å². The summed E-state index contributed by atoms with van der Waals surface area (Å²) in [7, 11) is 4.00. The van der Waals surface area contributed by atoms with Gasteiger partial charge in [-0.05, 0) is 63.0 Å². The molecule has 0 bridgehead atoms. The third kappa shape index (κ3) is 5.26. The van der Waals surface area contributed by atoms with Gasteiger partial charge in [-0.15, -0.1) is 0 Å². The molecule has 6 heteroatoms. The number of benzene rings is 1. The Labute approximate surface area is 148 Å². The van der Waals surface area contributed by atoms with Crippen molar-refractivity contribution in [3.63, 3.8) is 0 Å². The first kappa shape index (κ1) is 19.4. The predicted octanol–water partition coefficient (Wildman–Crippen LogP) is 2.32. The molecule has 1 N–H and O–H groups in total. The Morgan fingerprint density at radius 1 is 1.36 bits per heavy atom. The summed E-state index contributed by atoms with van der Waals surface area (Å²) in [5.41, 5.74) is 1.61. The molecule has 0 unspecified atom stereocenters. The molecule has 0 aliphatic carbocycles. The average Bonchev–Trinajstić information content (AvgIpc) is 2.55. The first-order chi connectivity index (χ1) is 11.8. The van der Waals surface area contributed by atoms with Crippen molar-refractivity contribution in [2.24, 2.45) is 5.92 Å². The van der Waals surface area contributed by atoms with Crippen molar-refractivity contribution in [3.05, 3.63) is 35.1 Å². The van der Waals surface area contributed by atoms with E-state index in [9.17, 15) is 14.0 Å². The van der Waals surface area contributed by atoms with Crippen molar-refractivity contribution in [2.45, 2.75) is 38.6 Å². The van der Waals surface area contributed by atoms with E-state index >= 15 is 0 Å². The van der Waals surface area contributed by atoms with Crippen LogP contribution in [0.4, 0.5) is 4.39 Å². The van der Waals surface area contributed by atoms with Gasteiger partial charge in [-0.2, -0.15) is 0 Å². The number of likely N-dealkylation sites (tertiary alicyclic amines) is 1. The number of hydrogen-bond donors (Lipinski definition) is 1. The normalized spacial score (nSPS) is 20.8. The third-order valence-electron chi connectivity index (χ3n) is 5.09. The van der Waals surface area contributed by atoms with Crippen LogP contribution in [0.2, 0.25) is 0 Å². The molecule has 1 aromatic rings. The fourth-order valence-corrected chi connectivity index (χ4v) is 3.65. The second-order valence-corrected chi connectivity index (χ2v) is 7.10. The lowest BCUT2D eigenvalue weighted by Crippen LogP contribution is -2.51. The maximum absolute atomic E-state index is 13.2. The van der Waals surface area contributed by atoms with E-state index in [1.54, 1.807) is 13.0 Å². The van der Waals surface area contributed by atoms with Crippen LogP contribution in [-0.2, 0) is 16.0 Å². The molecule has 2 rings (SSSR count). The number of carboxylic acid groups (broad SMARTS) is 1. The van der Waals surface area contributed by atoms with Crippen LogP contribution in [0, 0.1) is 18.7 Å². The molecule has 0 radical (unpaired) electrons. The van der Waals surface area contributed by atoms with Gasteiger partial charge in [0.05, 0.1) is 6.42 Å². The summed E-state index contributed by atoms with van der Waals surface area (Å²) < 4.78 is 13.2. The Balaban J connectivity index is 2.03.